The summed E-state index contributed by atoms with van der Waals surface area (Å²) in [7, 11) is -0.326. The summed E-state index contributed by atoms with van der Waals surface area (Å²) in [4.78, 5) is 7.55. The van der Waals surface area contributed by atoms with Gasteiger partial charge in [0.25, 0.3) is 0 Å². The molecule has 0 aromatic heterocycles. The number of fused-ring (bicyclic) bond motifs is 2. The van der Waals surface area contributed by atoms with Crippen LogP contribution in [0.3, 0.4) is 0 Å². The first kappa shape index (κ1) is 24.4. The number of benzene rings is 3. The normalized spacial score (nSPS) is 16.8. The molecule has 184 valence electrons. The molecular weight excluding hydrogens is 474 g/mol. The van der Waals surface area contributed by atoms with Gasteiger partial charge in [0.15, 0.2) is 0 Å². The molecule has 1 saturated heterocycles. The van der Waals surface area contributed by atoms with E-state index in [1.165, 1.54) is 27.6 Å². The van der Waals surface area contributed by atoms with Crippen molar-refractivity contribution in [2.75, 3.05) is 45.2 Å². The second-order valence-electron chi connectivity index (χ2n) is 9.52. The van der Waals surface area contributed by atoms with Gasteiger partial charge in [-0.05, 0) is 80.7 Å². The maximum absolute atomic E-state index is 12.8. The molecule has 0 saturated carbocycles. The molecule has 5 rings (SSSR count). The Morgan fingerprint density at radius 1 is 0.857 bits per heavy atom. The first-order valence-corrected chi connectivity index (χ1v) is 14.6. The van der Waals surface area contributed by atoms with Crippen molar-refractivity contribution in [1.82, 2.24) is 9.21 Å². The fourth-order valence-corrected chi connectivity index (χ4v) is 7.09. The molecular formula is C28H33N3O2S2. The quantitative estimate of drug-likeness (QED) is 0.404. The van der Waals surface area contributed by atoms with E-state index in [-0.39, 0.29) is 0 Å². The van der Waals surface area contributed by atoms with Crippen LogP contribution in [0.5, 0.6) is 0 Å². The Balaban J connectivity index is 1.29. The Kier molecular flexibility index (Phi) is 7.21. The van der Waals surface area contributed by atoms with E-state index in [4.69, 9.17) is 0 Å². The average Bonchev–Trinajstić information content (AvgIpc) is 2.89. The van der Waals surface area contributed by atoms with Crippen LogP contribution in [0.25, 0.3) is 0 Å². The van der Waals surface area contributed by atoms with E-state index < -0.39 is 10.0 Å². The first-order valence-electron chi connectivity index (χ1n) is 12.3. The zero-order chi connectivity index (χ0) is 24.4. The maximum atomic E-state index is 12.8. The lowest BCUT2D eigenvalue weighted by atomic mass is 9.89. The number of anilines is 2. The van der Waals surface area contributed by atoms with Crippen LogP contribution in [-0.4, -0.2) is 57.9 Å². The van der Waals surface area contributed by atoms with Crippen LogP contribution in [0, 0.1) is 0 Å². The molecule has 0 unspecified atom stereocenters. The monoisotopic (exact) mass is 507 g/mol. The minimum absolute atomic E-state index is 0.342. The van der Waals surface area contributed by atoms with Gasteiger partial charge in [-0.2, -0.15) is 0 Å². The number of piperidine rings is 1. The standard InChI is InChI=1S/C28H33N3O2S2/c1-29(2)35(32,33)24-13-14-28-26(21-24)31(25-11-6-7-12-27(25)34-28)18-8-17-30-19-15-23(16-20-30)22-9-4-3-5-10-22/h3-7,9-14,21,23H,8,15-20H2,1-2H3. The van der Waals surface area contributed by atoms with Crippen LogP contribution >= 0.6 is 11.8 Å². The summed E-state index contributed by atoms with van der Waals surface area (Å²) in [5.74, 6) is 0.669. The van der Waals surface area contributed by atoms with Crippen molar-refractivity contribution in [2.24, 2.45) is 0 Å². The molecule has 0 N–H and O–H groups in total. The van der Waals surface area contributed by atoms with E-state index in [1.807, 2.05) is 12.1 Å². The van der Waals surface area contributed by atoms with Crippen LogP contribution in [0.4, 0.5) is 11.4 Å². The molecule has 0 amide bonds. The molecule has 0 aliphatic carbocycles. The molecule has 0 spiro atoms. The van der Waals surface area contributed by atoms with Crippen molar-refractivity contribution in [3.63, 3.8) is 0 Å². The number of rotatable bonds is 7. The third kappa shape index (κ3) is 5.14. The Bertz CT molecular complexity index is 1270. The van der Waals surface area contributed by atoms with E-state index in [1.54, 1.807) is 31.9 Å². The van der Waals surface area contributed by atoms with E-state index in [9.17, 15) is 8.42 Å². The van der Waals surface area contributed by atoms with Gasteiger partial charge < -0.3 is 9.80 Å². The van der Waals surface area contributed by atoms with Gasteiger partial charge in [-0.25, -0.2) is 12.7 Å². The number of hydrogen-bond acceptors (Lipinski definition) is 5. The van der Waals surface area contributed by atoms with E-state index >= 15 is 0 Å². The van der Waals surface area contributed by atoms with E-state index in [2.05, 4.69) is 64.4 Å². The highest BCUT2D eigenvalue weighted by atomic mass is 32.2. The number of nitrogens with zero attached hydrogens (tertiary/aromatic N) is 3. The fraction of sp³-hybridized carbons (Fsp3) is 0.357. The van der Waals surface area contributed by atoms with Gasteiger partial charge in [0.1, 0.15) is 0 Å². The molecule has 2 aliphatic rings. The lowest BCUT2D eigenvalue weighted by Gasteiger charge is -2.35. The molecule has 3 aromatic rings. The minimum Gasteiger partial charge on any atom is -0.340 e. The molecule has 2 aliphatic heterocycles. The molecule has 3 aromatic carbocycles. The molecule has 7 heteroatoms. The third-order valence-corrected chi connectivity index (χ3v) is 10.0. The minimum atomic E-state index is -3.49. The van der Waals surface area contributed by atoms with Gasteiger partial charge >= 0.3 is 0 Å². The van der Waals surface area contributed by atoms with Crippen LogP contribution in [0.2, 0.25) is 0 Å². The summed E-state index contributed by atoms with van der Waals surface area (Å²) >= 11 is 1.71. The highest BCUT2D eigenvalue weighted by Crippen LogP contribution is 2.48. The summed E-state index contributed by atoms with van der Waals surface area (Å²) < 4.78 is 26.9. The zero-order valence-corrected chi connectivity index (χ0v) is 22.1. The SMILES string of the molecule is CN(C)S(=O)(=O)c1ccc2c(c1)N(CCCN1CCC(c3ccccc3)CC1)c1ccccc1S2. The number of hydrogen-bond donors (Lipinski definition) is 0. The Morgan fingerprint density at radius 2 is 1.54 bits per heavy atom. The number of para-hydroxylation sites is 1. The van der Waals surface area contributed by atoms with Gasteiger partial charge in [-0.3, -0.25) is 0 Å². The molecule has 0 atom stereocenters. The van der Waals surface area contributed by atoms with E-state index in [0.717, 1.165) is 48.9 Å². The van der Waals surface area contributed by atoms with Crippen LogP contribution in [-0.2, 0) is 10.0 Å². The van der Waals surface area contributed by atoms with Gasteiger partial charge in [-0.15, -0.1) is 0 Å². The topological polar surface area (TPSA) is 43.9 Å². The van der Waals surface area contributed by atoms with Crippen molar-refractivity contribution < 1.29 is 8.42 Å². The lowest BCUT2D eigenvalue weighted by molar-refractivity contribution is 0.211. The molecule has 0 bridgehead atoms. The number of likely N-dealkylation sites (tertiary alicyclic amines) is 1. The first-order chi connectivity index (χ1) is 16.9. The highest BCUT2D eigenvalue weighted by molar-refractivity contribution is 7.99. The Hall–Kier alpha value is -2.32. The van der Waals surface area contributed by atoms with Crippen LogP contribution in [0.15, 0.2) is 87.5 Å². The molecule has 2 heterocycles. The molecule has 1 fully saturated rings. The summed E-state index contributed by atoms with van der Waals surface area (Å²) in [6.45, 7) is 4.18. The van der Waals surface area contributed by atoms with Crippen molar-refractivity contribution in [3.8, 4) is 0 Å². The van der Waals surface area contributed by atoms with Crippen molar-refractivity contribution in [2.45, 2.75) is 39.9 Å². The highest BCUT2D eigenvalue weighted by Gasteiger charge is 2.27. The van der Waals surface area contributed by atoms with Crippen LogP contribution < -0.4 is 4.90 Å². The second-order valence-corrected chi connectivity index (χ2v) is 12.8. The Morgan fingerprint density at radius 3 is 2.29 bits per heavy atom. The van der Waals surface area contributed by atoms with E-state index in [0.29, 0.717) is 10.8 Å². The average molecular weight is 508 g/mol. The van der Waals surface area contributed by atoms with Gasteiger partial charge in [0.05, 0.1) is 16.3 Å². The zero-order valence-electron chi connectivity index (χ0n) is 20.4. The Labute approximate surface area is 213 Å². The molecule has 0 radical (unpaired) electrons. The van der Waals surface area contributed by atoms with Gasteiger partial charge in [0, 0.05) is 30.4 Å². The largest absolute Gasteiger partial charge is 0.340 e. The van der Waals surface area contributed by atoms with Gasteiger partial charge in [-0.1, -0.05) is 54.2 Å². The summed E-state index contributed by atoms with van der Waals surface area (Å²) in [5.41, 5.74) is 3.61. The second kappa shape index (κ2) is 10.3. The number of sulfonamides is 1. The summed E-state index contributed by atoms with van der Waals surface area (Å²) in [6.07, 6.45) is 3.45. The fourth-order valence-electron chi connectivity index (χ4n) is 5.09. The third-order valence-electron chi connectivity index (χ3n) is 7.09. The van der Waals surface area contributed by atoms with Crippen molar-refractivity contribution in [3.05, 3.63) is 78.4 Å². The summed E-state index contributed by atoms with van der Waals surface area (Å²) in [6, 6.07) is 24.8. The van der Waals surface area contributed by atoms with Gasteiger partial charge in [0.2, 0.25) is 10.0 Å². The maximum Gasteiger partial charge on any atom is 0.242 e. The van der Waals surface area contributed by atoms with Crippen LogP contribution in [0.1, 0.15) is 30.7 Å². The smallest absolute Gasteiger partial charge is 0.242 e. The molecule has 5 nitrogen and oxygen atoms in total. The predicted molar refractivity (Wildman–Crippen MR) is 144 cm³/mol. The van der Waals surface area contributed by atoms with Crippen molar-refractivity contribution in [1.29, 1.82) is 0 Å². The predicted octanol–water partition coefficient (Wildman–Crippen LogP) is 5.81. The van der Waals surface area contributed by atoms with Crippen molar-refractivity contribution >= 4 is 33.2 Å². The summed E-state index contributed by atoms with van der Waals surface area (Å²) in [5, 5.41) is 0. The molecule has 35 heavy (non-hydrogen) atoms. The lowest BCUT2D eigenvalue weighted by Crippen LogP contribution is -2.35.